The number of hydrogen-bond donors (Lipinski definition) is 3. The normalized spacial score (nSPS) is 15.8. The summed E-state index contributed by atoms with van der Waals surface area (Å²) in [7, 11) is 0. The fourth-order valence-electron chi connectivity index (χ4n) is 0.746. The van der Waals surface area contributed by atoms with Crippen LogP contribution < -0.4 is 5.32 Å². The highest BCUT2D eigenvalue weighted by atomic mass is 16.4. The molecule has 0 spiro atoms. The van der Waals surface area contributed by atoms with E-state index in [0.717, 1.165) is 0 Å². The smallest absolute Gasteiger partial charge is 0.328 e. The summed E-state index contributed by atoms with van der Waals surface area (Å²) in [6.45, 7) is 6.33. The molecular formula is C9H17NO4. The number of aliphatic hydroxyl groups excluding tert-OH is 1. The predicted molar refractivity (Wildman–Crippen MR) is 50.7 cm³/mol. The molecule has 5 nitrogen and oxygen atoms in total. The maximum absolute atomic E-state index is 11.4. The molecule has 0 rings (SSSR count). The lowest BCUT2D eigenvalue weighted by atomic mass is 9.95. The van der Waals surface area contributed by atoms with Crippen LogP contribution in [0, 0.1) is 5.41 Å². The summed E-state index contributed by atoms with van der Waals surface area (Å²) < 4.78 is 0. The van der Waals surface area contributed by atoms with Gasteiger partial charge in [-0.15, -0.1) is 0 Å². The first kappa shape index (κ1) is 12.9. The molecule has 3 N–H and O–H groups in total. The molecule has 2 atom stereocenters. The number of carboxylic acids is 1. The number of aliphatic carboxylic acids is 1. The molecule has 0 saturated carbocycles. The molecule has 0 heterocycles. The van der Waals surface area contributed by atoms with Gasteiger partial charge in [0.05, 0.1) is 6.10 Å². The number of nitrogens with one attached hydrogen (secondary N) is 1. The van der Waals surface area contributed by atoms with Gasteiger partial charge in [0.2, 0.25) is 5.91 Å². The molecule has 14 heavy (non-hydrogen) atoms. The summed E-state index contributed by atoms with van der Waals surface area (Å²) in [5, 5.41) is 20.1. The van der Waals surface area contributed by atoms with Crippen LogP contribution in [0.4, 0.5) is 0 Å². The zero-order valence-electron chi connectivity index (χ0n) is 8.87. The highest BCUT2D eigenvalue weighted by molar-refractivity contribution is 5.86. The molecule has 0 aliphatic heterocycles. The molecule has 0 bridgehead atoms. The predicted octanol–water partition coefficient (Wildman–Crippen LogP) is -0.0173. The van der Waals surface area contributed by atoms with Gasteiger partial charge in [0.25, 0.3) is 0 Å². The van der Waals surface area contributed by atoms with Crippen LogP contribution in [0.3, 0.4) is 0 Å². The van der Waals surface area contributed by atoms with Gasteiger partial charge in [-0.1, -0.05) is 20.8 Å². The van der Waals surface area contributed by atoms with E-state index in [0.29, 0.717) is 0 Å². The lowest BCUT2D eigenvalue weighted by Crippen LogP contribution is -2.50. The van der Waals surface area contributed by atoms with E-state index in [2.05, 4.69) is 5.32 Å². The Bertz CT molecular complexity index is 229. The lowest BCUT2D eigenvalue weighted by molar-refractivity contribution is -0.146. The van der Waals surface area contributed by atoms with Crippen LogP contribution >= 0.6 is 0 Å². The number of aliphatic hydroxyl groups is 1. The Kier molecular flexibility index (Phi) is 4.07. The van der Waals surface area contributed by atoms with Gasteiger partial charge in [-0.3, -0.25) is 4.79 Å². The summed E-state index contributed by atoms with van der Waals surface area (Å²) >= 11 is 0. The van der Waals surface area contributed by atoms with E-state index in [9.17, 15) is 9.59 Å². The van der Waals surface area contributed by atoms with Crippen LogP contribution in [0.15, 0.2) is 0 Å². The van der Waals surface area contributed by atoms with Gasteiger partial charge in [0, 0.05) is 5.41 Å². The van der Waals surface area contributed by atoms with E-state index in [1.165, 1.54) is 6.92 Å². The summed E-state index contributed by atoms with van der Waals surface area (Å²) in [6.07, 6.45) is -1.11. The van der Waals surface area contributed by atoms with Crippen LogP contribution in [0.25, 0.3) is 0 Å². The zero-order valence-corrected chi connectivity index (χ0v) is 8.87. The van der Waals surface area contributed by atoms with Gasteiger partial charge in [-0.2, -0.15) is 0 Å². The van der Waals surface area contributed by atoms with Gasteiger partial charge in [-0.05, 0) is 6.92 Å². The van der Waals surface area contributed by atoms with Crippen molar-refractivity contribution in [2.75, 3.05) is 0 Å². The minimum absolute atomic E-state index is 0.397. The number of carbonyl (C=O) groups is 2. The van der Waals surface area contributed by atoms with E-state index < -0.39 is 29.4 Å². The molecule has 0 fully saturated rings. The van der Waals surface area contributed by atoms with Gasteiger partial charge in [-0.25, -0.2) is 4.79 Å². The Morgan fingerprint density at radius 1 is 1.29 bits per heavy atom. The Morgan fingerprint density at radius 2 is 1.71 bits per heavy atom. The Hall–Kier alpha value is -1.10. The monoisotopic (exact) mass is 203 g/mol. The van der Waals surface area contributed by atoms with Crippen LogP contribution in [0.5, 0.6) is 0 Å². The first-order valence-electron chi connectivity index (χ1n) is 4.38. The van der Waals surface area contributed by atoms with Crippen molar-refractivity contribution in [3.63, 3.8) is 0 Å². The summed E-state index contributed by atoms with van der Waals surface area (Å²) in [4.78, 5) is 22.0. The van der Waals surface area contributed by atoms with Gasteiger partial charge < -0.3 is 15.5 Å². The Labute approximate surface area is 83.1 Å². The number of rotatable bonds is 3. The fraction of sp³-hybridized carbons (Fsp3) is 0.778. The molecule has 0 aromatic rings. The maximum Gasteiger partial charge on any atom is 0.328 e. The molecule has 0 aliphatic carbocycles. The standard InChI is InChI=1S/C9H17NO4/c1-5(11)6(7(12)13)10-8(14)9(2,3)4/h5-6,11H,1-4H3,(H,10,14)(H,12,13). The van der Waals surface area contributed by atoms with Crippen molar-refractivity contribution in [1.29, 1.82) is 0 Å². The molecule has 1 amide bonds. The molecule has 0 aliphatic rings. The number of hydrogen-bond acceptors (Lipinski definition) is 3. The second-order valence-electron chi connectivity index (χ2n) is 4.28. The maximum atomic E-state index is 11.4. The molecule has 0 radical (unpaired) electrons. The third-order valence-corrected chi connectivity index (χ3v) is 1.72. The van der Waals surface area contributed by atoms with Crippen molar-refractivity contribution < 1.29 is 19.8 Å². The van der Waals surface area contributed by atoms with Crippen molar-refractivity contribution in [3.05, 3.63) is 0 Å². The van der Waals surface area contributed by atoms with Crippen molar-refractivity contribution >= 4 is 11.9 Å². The molecule has 0 aromatic carbocycles. The van der Waals surface area contributed by atoms with Crippen molar-refractivity contribution in [3.8, 4) is 0 Å². The lowest BCUT2D eigenvalue weighted by Gasteiger charge is -2.23. The molecule has 0 saturated heterocycles. The first-order chi connectivity index (χ1) is 6.16. The van der Waals surface area contributed by atoms with Crippen molar-refractivity contribution in [1.82, 2.24) is 5.32 Å². The van der Waals surface area contributed by atoms with E-state index in [4.69, 9.17) is 10.2 Å². The second kappa shape index (κ2) is 4.41. The number of carboxylic acid groups (broad SMARTS) is 1. The number of carbonyl (C=O) groups excluding carboxylic acids is 1. The molecule has 0 aromatic heterocycles. The minimum atomic E-state index is -1.25. The van der Waals surface area contributed by atoms with Gasteiger partial charge in [0.15, 0.2) is 6.04 Å². The molecule has 2 unspecified atom stereocenters. The molecule has 82 valence electrons. The van der Waals surface area contributed by atoms with Crippen molar-refractivity contribution in [2.45, 2.75) is 39.8 Å². The number of amides is 1. The Morgan fingerprint density at radius 3 is 1.93 bits per heavy atom. The first-order valence-corrected chi connectivity index (χ1v) is 4.38. The van der Waals surface area contributed by atoms with E-state index in [-0.39, 0.29) is 0 Å². The average molecular weight is 203 g/mol. The third-order valence-electron chi connectivity index (χ3n) is 1.72. The fourth-order valence-corrected chi connectivity index (χ4v) is 0.746. The van der Waals surface area contributed by atoms with Crippen molar-refractivity contribution in [2.24, 2.45) is 5.41 Å². The van der Waals surface area contributed by atoms with Crippen LogP contribution in [-0.2, 0) is 9.59 Å². The van der Waals surface area contributed by atoms with E-state index in [1.54, 1.807) is 20.8 Å². The summed E-state index contributed by atoms with van der Waals surface area (Å²) in [6, 6.07) is -1.25. The zero-order chi connectivity index (χ0) is 11.5. The van der Waals surface area contributed by atoms with Gasteiger partial charge in [0.1, 0.15) is 0 Å². The van der Waals surface area contributed by atoms with Gasteiger partial charge >= 0.3 is 5.97 Å². The summed E-state index contributed by atoms with van der Waals surface area (Å²) in [5.74, 6) is -1.64. The SMILES string of the molecule is CC(O)C(NC(=O)C(C)(C)C)C(=O)O. The topological polar surface area (TPSA) is 86.6 Å². The van der Waals surface area contributed by atoms with Crippen LogP contribution in [0.1, 0.15) is 27.7 Å². The highest BCUT2D eigenvalue weighted by Gasteiger charge is 2.29. The van der Waals surface area contributed by atoms with E-state index in [1.807, 2.05) is 0 Å². The minimum Gasteiger partial charge on any atom is -0.480 e. The van der Waals surface area contributed by atoms with Crippen LogP contribution in [-0.4, -0.2) is 34.2 Å². The molecule has 5 heteroatoms. The average Bonchev–Trinajstić information content (AvgIpc) is 1.96. The highest BCUT2D eigenvalue weighted by Crippen LogP contribution is 2.13. The third kappa shape index (κ3) is 3.74. The second-order valence-corrected chi connectivity index (χ2v) is 4.28. The largest absolute Gasteiger partial charge is 0.480 e. The molecular weight excluding hydrogens is 186 g/mol. The Balaban J connectivity index is 4.48. The quantitative estimate of drug-likeness (QED) is 0.601. The van der Waals surface area contributed by atoms with Crippen LogP contribution in [0.2, 0.25) is 0 Å². The van der Waals surface area contributed by atoms with E-state index >= 15 is 0 Å². The summed E-state index contributed by atoms with van der Waals surface area (Å²) in [5.41, 5.74) is -0.664.